The van der Waals surface area contributed by atoms with Gasteiger partial charge in [0.1, 0.15) is 17.8 Å². The van der Waals surface area contributed by atoms with Gasteiger partial charge in [0, 0.05) is 38.3 Å². The maximum absolute atomic E-state index is 13.6. The van der Waals surface area contributed by atoms with Crippen LogP contribution in [0.4, 0.5) is 5.69 Å². The van der Waals surface area contributed by atoms with E-state index >= 15 is 0 Å². The lowest BCUT2D eigenvalue weighted by atomic mass is 9.74. The van der Waals surface area contributed by atoms with E-state index in [-0.39, 0.29) is 17.9 Å². The Morgan fingerprint density at radius 2 is 1.74 bits per heavy atom. The van der Waals surface area contributed by atoms with Crippen molar-refractivity contribution in [2.24, 2.45) is 5.41 Å². The number of hydrogen-bond acceptors (Lipinski definition) is 4. The number of ether oxygens (including phenoxy) is 3. The zero-order chi connectivity index (χ0) is 23.8. The summed E-state index contributed by atoms with van der Waals surface area (Å²) in [5.41, 5.74) is 2.88. The molecule has 3 aliphatic rings. The Hall–Kier alpha value is -2.89. The molecule has 1 N–H and O–H groups in total. The highest BCUT2D eigenvalue weighted by atomic mass is 35.5. The smallest absolute Gasteiger partial charge is 0.246 e. The van der Waals surface area contributed by atoms with Crippen LogP contribution < -0.4 is 19.5 Å². The molecule has 5 nitrogen and oxygen atoms in total. The van der Waals surface area contributed by atoms with Crippen molar-refractivity contribution < 1.29 is 19.0 Å². The molecule has 174 valence electrons. The van der Waals surface area contributed by atoms with E-state index in [0.717, 1.165) is 34.4 Å². The van der Waals surface area contributed by atoms with Crippen molar-refractivity contribution in [1.29, 1.82) is 0 Å². The number of carbonyl (C=O) groups is 1. The molecule has 0 radical (unpaired) electrons. The number of halogens is 2. The average Bonchev–Trinajstić information content (AvgIpc) is 3.46. The minimum atomic E-state index is -1.02. The van der Waals surface area contributed by atoms with E-state index in [1.54, 1.807) is 6.07 Å². The molecule has 6 rings (SSSR count). The molecule has 3 aromatic carbocycles. The quantitative estimate of drug-likeness (QED) is 0.432. The van der Waals surface area contributed by atoms with E-state index in [1.165, 1.54) is 0 Å². The summed E-state index contributed by atoms with van der Waals surface area (Å²) in [6, 6.07) is 14.9. The molecule has 0 saturated heterocycles. The Bertz CT molecular complexity index is 1350. The van der Waals surface area contributed by atoms with Crippen LogP contribution in [0.25, 0.3) is 11.1 Å². The summed E-state index contributed by atoms with van der Waals surface area (Å²) in [6.45, 7) is 6.51. The normalized spacial score (nSPS) is 21.9. The Balaban J connectivity index is 1.52. The van der Waals surface area contributed by atoms with Crippen LogP contribution in [-0.2, 0) is 10.2 Å². The summed E-state index contributed by atoms with van der Waals surface area (Å²) in [4.78, 5) is 13.6. The molecule has 3 aromatic rings. The van der Waals surface area contributed by atoms with Gasteiger partial charge in [-0.05, 0) is 47.9 Å². The Labute approximate surface area is 207 Å². The second-order valence-corrected chi connectivity index (χ2v) is 10.6. The van der Waals surface area contributed by atoms with Crippen molar-refractivity contribution in [1.82, 2.24) is 0 Å². The summed E-state index contributed by atoms with van der Waals surface area (Å²) in [7, 11) is 0. The predicted molar refractivity (Wildman–Crippen MR) is 132 cm³/mol. The molecule has 2 unspecified atom stereocenters. The SMILES string of the molecule is CCC(C)(C)C1Oc2cc3c(cc2O1)C1(CO3)C(=O)Nc2cccc(-c3cc(Cl)cc(Cl)c3)c21. The molecule has 1 amide bonds. The third-order valence-electron chi connectivity index (χ3n) is 7.27. The lowest BCUT2D eigenvalue weighted by Gasteiger charge is -2.28. The number of anilines is 1. The Morgan fingerprint density at radius 3 is 2.44 bits per heavy atom. The monoisotopic (exact) mass is 495 g/mol. The third-order valence-corrected chi connectivity index (χ3v) is 7.70. The number of amides is 1. The number of benzene rings is 3. The second-order valence-electron chi connectivity index (χ2n) is 9.74. The average molecular weight is 496 g/mol. The minimum absolute atomic E-state index is 0.133. The first-order valence-electron chi connectivity index (χ1n) is 11.3. The fourth-order valence-electron chi connectivity index (χ4n) is 4.99. The van der Waals surface area contributed by atoms with Gasteiger partial charge in [0.15, 0.2) is 11.5 Å². The van der Waals surface area contributed by atoms with Gasteiger partial charge in [0.2, 0.25) is 12.2 Å². The van der Waals surface area contributed by atoms with Crippen LogP contribution >= 0.6 is 23.2 Å². The van der Waals surface area contributed by atoms with E-state index in [0.29, 0.717) is 27.3 Å². The molecule has 34 heavy (non-hydrogen) atoms. The summed E-state index contributed by atoms with van der Waals surface area (Å²) in [5, 5.41) is 4.12. The summed E-state index contributed by atoms with van der Waals surface area (Å²) >= 11 is 12.6. The first-order valence-corrected chi connectivity index (χ1v) is 12.0. The third kappa shape index (κ3) is 2.96. The summed E-state index contributed by atoms with van der Waals surface area (Å²) in [6.07, 6.45) is 0.493. The highest BCUT2D eigenvalue weighted by Crippen LogP contribution is 2.56. The molecule has 0 aliphatic carbocycles. The minimum Gasteiger partial charge on any atom is -0.491 e. The van der Waals surface area contributed by atoms with Crippen molar-refractivity contribution in [3.8, 4) is 28.4 Å². The van der Waals surface area contributed by atoms with Crippen molar-refractivity contribution in [3.05, 3.63) is 69.7 Å². The first kappa shape index (κ1) is 21.6. The number of rotatable bonds is 3. The van der Waals surface area contributed by atoms with Gasteiger partial charge < -0.3 is 19.5 Å². The van der Waals surface area contributed by atoms with Crippen LogP contribution in [0.2, 0.25) is 10.0 Å². The highest BCUT2D eigenvalue weighted by Gasteiger charge is 2.56. The number of hydrogen-bond donors (Lipinski definition) is 1. The summed E-state index contributed by atoms with van der Waals surface area (Å²) < 4.78 is 18.5. The van der Waals surface area contributed by atoms with Crippen molar-refractivity contribution in [2.45, 2.75) is 38.9 Å². The molecule has 3 aliphatic heterocycles. The van der Waals surface area contributed by atoms with Gasteiger partial charge >= 0.3 is 0 Å². The van der Waals surface area contributed by atoms with Crippen LogP contribution in [0.1, 0.15) is 38.3 Å². The molecule has 0 aromatic heterocycles. The molecular weight excluding hydrogens is 473 g/mol. The van der Waals surface area contributed by atoms with Crippen molar-refractivity contribution in [3.63, 3.8) is 0 Å². The number of fused-ring (bicyclic) bond motifs is 5. The van der Waals surface area contributed by atoms with Gasteiger partial charge in [-0.3, -0.25) is 4.79 Å². The van der Waals surface area contributed by atoms with Gasteiger partial charge in [0.25, 0.3) is 0 Å². The fraction of sp³-hybridized carbons (Fsp3) is 0.296. The molecule has 0 bridgehead atoms. The van der Waals surface area contributed by atoms with Gasteiger partial charge in [-0.2, -0.15) is 0 Å². The Kier molecular flexibility index (Phi) is 4.65. The molecule has 1 spiro atoms. The van der Waals surface area contributed by atoms with Gasteiger partial charge in [0.05, 0.1) is 0 Å². The molecule has 3 heterocycles. The standard InChI is InChI=1S/C27H23Cl2NO4/c1-4-26(2,3)25-33-21-11-18-20(12-22(21)34-25)32-13-27(18)23-17(6-5-7-19(23)30-24(27)31)14-8-15(28)10-16(29)9-14/h5-12,25H,4,13H2,1-3H3,(H,30,31). The van der Waals surface area contributed by atoms with Gasteiger partial charge in [-0.1, -0.05) is 56.1 Å². The van der Waals surface area contributed by atoms with Crippen molar-refractivity contribution in [2.75, 3.05) is 11.9 Å². The first-order chi connectivity index (χ1) is 16.2. The fourth-order valence-corrected chi connectivity index (χ4v) is 5.51. The Morgan fingerprint density at radius 1 is 1.03 bits per heavy atom. The van der Waals surface area contributed by atoms with E-state index in [2.05, 4.69) is 26.1 Å². The molecule has 0 saturated carbocycles. The lowest BCUT2D eigenvalue weighted by molar-refractivity contribution is -0.119. The van der Waals surface area contributed by atoms with Crippen LogP contribution in [0, 0.1) is 5.41 Å². The van der Waals surface area contributed by atoms with Crippen LogP contribution in [-0.4, -0.2) is 18.8 Å². The zero-order valence-electron chi connectivity index (χ0n) is 19.0. The highest BCUT2D eigenvalue weighted by molar-refractivity contribution is 6.35. The van der Waals surface area contributed by atoms with E-state index in [9.17, 15) is 4.79 Å². The maximum Gasteiger partial charge on any atom is 0.246 e. The molecule has 7 heteroatoms. The molecular formula is C27H23Cl2NO4. The topological polar surface area (TPSA) is 56.8 Å². The number of carbonyl (C=O) groups excluding carboxylic acids is 1. The second kappa shape index (κ2) is 7.30. The maximum atomic E-state index is 13.6. The van der Waals surface area contributed by atoms with Crippen LogP contribution in [0.5, 0.6) is 17.2 Å². The molecule has 0 fully saturated rings. The number of nitrogens with one attached hydrogen (secondary N) is 1. The predicted octanol–water partition coefficient (Wildman–Crippen LogP) is 6.82. The molecule has 2 atom stereocenters. The lowest BCUT2D eigenvalue weighted by Crippen LogP contribution is -2.37. The van der Waals surface area contributed by atoms with E-state index in [1.807, 2.05) is 42.5 Å². The van der Waals surface area contributed by atoms with Gasteiger partial charge in [-0.15, -0.1) is 0 Å². The summed E-state index contributed by atoms with van der Waals surface area (Å²) in [5.74, 6) is 1.75. The van der Waals surface area contributed by atoms with E-state index in [4.69, 9.17) is 37.4 Å². The van der Waals surface area contributed by atoms with E-state index < -0.39 is 11.7 Å². The van der Waals surface area contributed by atoms with Crippen molar-refractivity contribution >= 4 is 34.8 Å². The largest absolute Gasteiger partial charge is 0.491 e. The van der Waals surface area contributed by atoms with Crippen LogP contribution in [0.15, 0.2) is 48.5 Å². The van der Waals surface area contributed by atoms with Gasteiger partial charge in [-0.25, -0.2) is 0 Å². The van der Waals surface area contributed by atoms with Crippen LogP contribution in [0.3, 0.4) is 0 Å². The zero-order valence-corrected chi connectivity index (χ0v) is 20.5.